The minimum Gasteiger partial charge on any atom is -0.545 e. The van der Waals surface area contributed by atoms with Crippen molar-refractivity contribution >= 4 is 5.97 Å². The normalized spacial score (nSPS) is 20.2. The average molecular weight is 299 g/mol. The molecule has 1 rings (SSSR count). The van der Waals surface area contributed by atoms with Gasteiger partial charge in [-0.2, -0.15) is 0 Å². The molecule has 0 saturated heterocycles. The highest BCUT2D eigenvalue weighted by atomic mass is 16.4. The summed E-state index contributed by atoms with van der Waals surface area (Å²) in [6, 6.07) is 0. The molecule has 0 aliphatic heterocycles. The van der Waals surface area contributed by atoms with Crippen molar-refractivity contribution in [1.29, 1.82) is 0 Å². The van der Waals surface area contributed by atoms with Gasteiger partial charge in [0, 0.05) is 0 Å². The molecular formula is C20H27O2-. The molecule has 1 aliphatic rings. The van der Waals surface area contributed by atoms with Crippen LogP contribution in [0.15, 0.2) is 58.7 Å². The van der Waals surface area contributed by atoms with Crippen LogP contribution in [0.4, 0.5) is 0 Å². The minimum absolute atomic E-state index is 0.253. The van der Waals surface area contributed by atoms with Crippen LogP contribution in [-0.2, 0) is 4.79 Å². The first-order chi connectivity index (χ1) is 10.2. The number of hydrogen-bond acceptors (Lipinski definition) is 2. The summed E-state index contributed by atoms with van der Waals surface area (Å²) in [5.41, 5.74) is 4.99. The third-order valence-electron chi connectivity index (χ3n) is 4.12. The number of carbonyl (C=O) groups is 1. The van der Waals surface area contributed by atoms with E-state index in [1.165, 1.54) is 30.4 Å². The van der Waals surface area contributed by atoms with Gasteiger partial charge in [0.1, 0.15) is 0 Å². The molecule has 0 heterocycles. The van der Waals surface area contributed by atoms with Crippen molar-refractivity contribution in [3.05, 3.63) is 58.7 Å². The van der Waals surface area contributed by atoms with Gasteiger partial charge in [0.25, 0.3) is 0 Å². The van der Waals surface area contributed by atoms with Gasteiger partial charge in [0.15, 0.2) is 0 Å². The molecule has 0 unspecified atom stereocenters. The van der Waals surface area contributed by atoms with Crippen molar-refractivity contribution in [2.24, 2.45) is 5.41 Å². The van der Waals surface area contributed by atoms with Crippen LogP contribution in [0.1, 0.15) is 53.9 Å². The Morgan fingerprint density at radius 2 is 1.86 bits per heavy atom. The van der Waals surface area contributed by atoms with Crippen molar-refractivity contribution in [1.82, 2.24) is 0 Å². The zero-order valence-electron chi connectivity index (χ0n) is 14.4. The summed E-state index contributed by atoms with van der Waals surface area (Å²) in [7, 11) is 0. The molecule has 0 aromatic carbocycles. The van der Waals surface area contributed by atoms with Gasteiger partial charge in [-0.15, -0.1) is 0 Å². The van der Waals surface area contributed by atoms with E-state index in [1.54, 1.807) is 13.0 Å². The maximum Gasteiger partial charge on any atom is 0.0645 e. The molecule has 2 heteroatoms. The van der Waals surface area contributed by atoms with Crippen LogP contribution in [0.3, 0.4) is 0 Å². The molecule has 0 aromatic heterocycles. The smallest absolute Gasteiger partial charge is 0.0645 e. The van der Waals surface area contributed by atoms with E-state index in [0.29, 0.717) is 5.57 Å². The number of carbonyl (C=O) groups excluding carboxylic acids is 1. The molecule has 2 nitrogen and oxygen atoms in total. The Kier molecular flexibility index (Phi) is 6.61. The molecule has 0 amide bonds. The topological polar surface area (TPSA) is 40.1 Å². The van der Waals surface area contributed by atoms with E-state index in [-0.39, 0.29) is 5.41 Å². The number of hydrogen-bond donors (Lipinski definition) is 0. The number of rotatable bonds is 5. The van der Waals surface area contributed by atoms with Crippen LogP contribution >= 0.6 is 0 Å². The number of aliphatic carboxylic acids is 1. The molecule has 0 saturated carbocycles. The van der Waals surface area contributed by atoms with Crippen LogP contribution in [0.2, 0.25) is 0 Å². The van der Waals surface area contributed by atoms with Gasteiger partial charge < -0.3 is 9.90 Å². The van der Waals surface area contributed by atoms with Gasteiger partial charge >= 0.3 is 0 Å². The number of carboxylic acid groups (broad SMARTS) is 1. The zero-order chi connectivity index (χ0) is 16.8. The molecule has 1 aliphatic carbocycles. The van der Waals surface area contributed by atoms with Gasteiger partial charge in [-0.3, -0.25) is 0 Å². The second kappa shape index (κ2) is 7.98. The third-order valence-corrected chi connectivity index (χ3v) is 4.12. The van der Waals surface area contributed by atoms with E-state index < -0.39 is 5.97 Å². The van der Waals surface area contributed by atoms with Gasteiger partial charge in [0.2, 0.25) is 0 Å². The zero-order valence-corrected chi connectivity index (χ0v) is 14.4. The highest BCUT2D eigenvalue weighted by Gasteiger charge is 2.26. The lowest BCUT2D eigenvalue weighted by molar-refractivity contribution is -0.297. The van der Waals surface area contributed by atoms with Gasteiger partial charge in [-0.05, 0) is 62.7 Å². The summed E-state index contributed by atoms with van der Waals surface area (Å²) in [6.07, 6.45) is 14.8. The Labute approximate surface area is 134 Å². The Bertz CT molecular complexity index is 567. The lowest BCUT2D eigenvalue weighted by Crippen LogP contribution is -2.19. The lowest BCUT2D eigenvalue weighted by atomic mass is 9.72. The Balaban J connectivity index is 2.79. The molecule has 0 aromatic rings. The number of allylic oxidation sites excluding steroid dienone is 9. The van der Waals surface area contributed by atoms with Crippen molar-refractivity contribution in [3.8, 4) is 0 Å². The highest BCUT2D eigenvalue weighted by molar-refractivity contribution is 5.79. The molecule has 0 fully saturated rings. The third kappa shape index (κ3) is 5.88. The highest BCUT2D eigenvalue weighted by Crippen LogP contribution is 2.40. The summed E-state index contributed by atoms with van der Waals surface area (Å²) in [5, 5.41) is 10.4. The molecule has 0 spiro atoms. The van der Waals surface area contributed by atoms with Gasteiger partial charge in [-0.1, -0.05) is 55.4 Å². The summed E-state index contributed by atoms with van der Waals surface area (Å²) in [6.45, 7) is 10.6. The van der Waals surface area contributed by atoms with Gasteiger partial charge in [-0.25, -0.2) is 0 Å². The Hall–Kier alpha value is -1.83. The molecule has 0 N–H and O–H groups in total. The monoisotopic (exact) mass is 299 g/mol. The molecule has 0 atom stereocenters. The van der Waals surface area contributed by atoms with E-state index in [2.05, 4.69) is 32.9 Å². The van der Waals surface area contributed by atoms with Crippen LogP contribution in [0, 0.1) is 5.41 Å². The average Bonchev–Trinajstić information content (AvgIpc) is 2.36. The van der Waals surface area contributed by atoms with Crippen molar-refractivity contribution in [2.45, 2.75) is 53.9 Å². The maximum atomic E-state index is 10.4. The summed E-state index contributed by atoms with van der Waals surface area (Å²) in [5.74, 6) is -1.16. The SMILES string of the molecule is CC1=C(/C=C/C(C)=C/C=C\C(C)=C/C(=O)[O-])C(C)(C)CCC1. The predicted octanol–water partition coefficient (Wildman–Crippen LogP) is 4.27. The molecular weight excluding hydrogens is 272 g/mol. The summed E-state index contributed by atoms with van der Waals surface area (Å²) < 4.78 is 0. The van der Waals surface area contributed by atoms with E-state index in [0.717, 1.165) is 11.6 Å². The minimum atomic E-state index is -1.16. The largest absolute Gasteiger partial charge is 0.545 e. The Morgan fingerprint density at radius 1 is 1.18 bits per heavy atom. The lowest BCUT2D eigenvalue weighted by Gasteiger charge is -2.32. The van der Waals surface area contributed by atoms with Crippen molar-refractivity contribution in [3.63, 3.8) is 0 Å². The predicted molar refractivity (Wildman–Crippen MR) is 91.1 cm³/mol. The first-order valence-electron chi connectivity index (χ1n) is 7.85. The van der Waals surface area contributed by atoms with E-state index in [4.69, 9.17) is 0 Å². The quantitative estimate of drug-likeness (QED) is 0.562. The second-order valence-electron chi connectivity index (χ2n) is 6.74. The second-order valence-corrected chi connectivity index (χ2v) is 6.74. The van der Waals surface area contributed by atoms with Crippen LogP contribution in [0.5, 0.6) is 0 Å². The fourth-order valence-electron chi connectivity index (χ4n) is 2.87. The maximum absolute atomic E-state index is 10.4. The molecule has 0 bridgehead atoms. The van der Waals surface area contributed by atoms with E-state index in [9.17, 15) is 9.90 Å². The van der Waals surface area contributed by atoms with Crippen molar-refractivity contribution in [2.75, 3.05) is 0 Å². The number of carboxylic acids is 1. The van der Waals surface area contributed by atoms with Crippen LogP contribution in [-0.4, -0.2) is 5.97 Å². The van der Waals surface area contributed by atoms with Crippen LogP contribution in [0.25, 0.3) is 0 Å². The summed E-state index contributed by atoms with van der Waals surface area (Å²) in [4.78, 5) is 10.4. The molecule has 120 valence electrons. The first kappa shape index (κ1) is 18.2. The standard InChI is InChI=1S/C20H28O2/c1-15(8-6-9-16(2)14-19(21)22)11-12-18-17(3)10-7-13-20(18,4)5/h6,8-9,11-12,14H,7,10,13H2,1-5H3,(H,21,22)/p-1/b9-6-,12-11+,15-8+,16-14-. The van der Waals surface area contributed by atoms with Crippen molar-refractivity contribution < 1.29 is 9.90 Å². The Morgan fingerprint density at radius 3 is 2.45 bits per heavy atom. The molecule has 22 heavy (non-hydrogen) atoms. The van der Waals surface area contributed by atoms with E-state index >= 15 is 0 Å². The summed E-state index contributed by atoms with van der Waals surface area (Å²) >= 11 is 0. The molecule has 0 radical (unpaired) electrons. The van der Waals surface area contributed by atoms with Gasteiger partial charge in [0.05, 0.1) is 5.97 Å². The van der Waals surface area contributed by atoms with Crippen LogP contribution < -0.4 is 5.11 Å². The fraction of sp³-hybridized carbons (Fsp3) is 0.450. The van der Waals surface area contributed by atoms with E-state index in [1.807, 2.05) is 19.1 Å². The fourth-order valence-corrected chi connectivity index (χ4v) is 2.87. The first-order valence-corrected chi connectivity index (χ1v) is 7.85.